The van der Waals surface area contributed by atoms with E-state index in [0.29, 0.717) is 12.8 Å². The maximum Gasteiger partial charge on any atom is 0.306 e. The predicted molar refractivity (Wildman–Crippen MR) is 70.3 cm³/mol. The number of fused-ring (bicyclic) bond motifs is 1. The van der Waals surface area contributed by atoms with Gasteiger partial charge >= 0.3 is 5.97 Å². The second-order valence-electron chi connectivity index (χ2n) is 5.19. The lowest BCUT2D eigenvalue weighted by Crippen LogP contribution is -2.41. The molecule has 100 valence electrons. The number of nitrogens with zero attached hydrogens (tertiary/aromatic N) is 1. The zero-order chi connectivity index (χ0) is 13.4. The van der Waals surface area contributed by atoms with Crippen LogP contribution in [0.2, 0.25) is 0 Å². The number of benzene rings is 1. The molecule has 3 unspecified atom stereocenters. The number of carboxylic acid groups (broad SMARTS) is 1. The van der Waals surface area contributed by atoms with Gasteiger partial charge in [0.25, 0.3) is 0 Å². The topological polar surface area (TPSA) is 81.9 Å². The van der Waals surface area contributed by atoms with Crippen LogP contribution in [-0.2, 0) is 4.79 Å². The average Bonchev–Trinajstić information content (AvgIpc) is 2.81. The van der Waals surface area contributed by atoms with E-state index >= 15 is 0 Å². The molecule has 3 rings (SSSR count). The van der Waals surface area contributed by atoms with Gasteiger partial charge in [-0.05, 0) is 31.4 Å². The molecule has 5 heteroatoms. The molecule has 1 aliphatic carbocycles. The Bertz CT molecular complexity index is 541. The lowest BCUT2D eigenvalue weighted by Gasteiger charge is -2.28. The van der Waals surface area contributed by atoms with Crippen LogP contribution in [0.25, 0.3) is 0 Å². The van der Waals surface area contributed by atoms with Crippen LogP contribution in [0.3, 0.4) is 0 Å². The van der Waals surface area contributed by atoms with Gasteiger partial charge in [0.15, 0.2) is 0 Å². The van der Waals surface area contributed by atoms with E-state index in [1.54, 1.807) is 18.2 Å². The highest BCUT2D eigenvalue weighted by Crippen LogP contribution is 2.30. The molecule has 0 bridgehead atoms. The van der Waals surface area contributed by atoms with E-state index in [4.69, 9.17) is 5.11 Å². The van der Waals surface area contributed by atoms with Crippen molar-refractivity contribution in [3.8, 4) is 5.75 Å². The summed E-state index contributed by atoms with van der Waals surface area (Å²) in [5.74, 6) is -0.0178. The fourth-order valence-corrected chi connectivity index (χ4v) is 2.88. The van der Waals surface area contributed by atoms with Crippen LogP contribution in [0.4, 0.5) is 0 Å². The molecule has 2 aliphatic rings. The lowest BCUT2D eigenvalue weighted by atomic mass is 9.83. The summed E-state index contributed by atoms with van der Waals surface area (Å²) in [7, 11) is 0. The van der Waals surface area contributed by atoms with Crippen LogP contribution < -0.4 is 5.32 Å². The van der Waals surface area contributed by atoms with E-state index in [9.17, 15) is 9.90 Å². The van der Waals surface area contributed by atoms with Gasteiger partial charge in [-0.15, -0.1) is 0 Å². The fraction of sp³-hybridized carbons (Fsp3) is 0.429. The van der Waals surface area contributed by atoms with Gasteiger partial charge in [-0.3, -0.25) is 9.79 Å². The van der Waals surface area contributed by atoms with E-state index < -0.39 is 5.97 Å². The number of aliphatic carboxylic acids is 1. The zero-order valence-electron chi connectivity index (χ0n) is 10.4. The Balaban J connectivity index is 1.77. The monoisotopic (exact) mass is 260 g/mol. The highest BCUT2D eigenvalue weighted by Gasteiger charge is 2.37. The van der Waals surface area contributed by atoms with Crippen molar-refractivity contribution in [3.63, 3.8) is 0 Å². The van der Waals surface area contributed by atoms with Crippen molar-refractivity contribution in [3.05, 3.63) is 29.8 Å². The SMILES string of the molecule is O=C(O)C1CCC2N=C(c3cccc(O)c3)NC2C1. The molecule has 3 N–H and O–H groups in total. The third kappa shape index (κ3) is 2.28. The molecule has 0 spiro atoms. The Labute approximate surface area is 111 Å². The second-order valence-corrected chi connectivity index (χ2v) is 5.19. The molecule has 0 saturated heterocycles. The molecule has 5 nitrogen and oxygen atoms in total. The van der Waals surface area contributed by atoms with Crippen LogP contribution in [0.5, 0.6) is 5.75 Å². The van der Waals surface area contributed by atoms with Gasteiger partial charge in [0.1, 0.15) is 11.6 Å². The highest BCUT2D eigenvalue weighted by molar-refractivity contribution is 6.00. The first-order chi connectivity index (χ1) is 9.13. The van der Waals surface area contributed by atoms with Gasteiger partial charge in [-0.1, -0.05) is 12.1 Å². The van der Waals surface area contributed by atoms with Gasteiger partial charge in [-0.2, -0.15) is 0 Å². The largest absolute Gasteiger partial charge is 0.508 e. The summed E-state index contributed by atoms with van der Waals surface area (Å²) in [6.07, 6.45) is 2.11. The number of carboxylic acids is 1. The molecule has 0 aromatic heterocycles. The summed E-state index contributed by atoms with van der Waals surface area (Å²) in [6.45, 7) is 0. The Morgan fingerprint density at radius 3 is 2.95 bits per heavy atom. The maximum atomic E-state index is 11.0. The van der Waals surface area contributed by atoms with Crippen LogP contribution in [0.1, 0.15) is 24.8 Å². The van der Waals surface area contributed by atoms with Crippen LogP contribution >= 0.6 is 0 Å². The Morgan fingerprint density at radius 1 is 1.37 bits per heavy atom. The van der Waals surface area contributed by atoms with E-state index in [0.717, 1.165) is 17.8 Å². The number of phenolic OH excluding ortho intramolecular Hbond substituents is 1. The molecular formula is C14H16N2O3. The number of carbonyl (C=O) groups is 1. The summed E-state index contributed by atoms with van der Waals surface area (Å²) in [6, 6.07) is 7.21. The Morgan fingerprint density at radius 2 is 2.21 bits per heavy atom. The smallest absolute Gasteiger partial charge is 0.306 e. The summed E-state index contributed by atoms with van der Waals surface area (Å²) < 4.78 is 0. The van der Waals surface area contributed by atoms with Gasteiger partial charge < -0.3 is 15.5 Å². The molecule has 1 aromatic carbocycles. The maximum absolute atomic E-state index is 11.0. The number of nitrogens with one attached hydrogen (secondary N) is 1. The number of amidine groups is 1. The van der Waals surface area contributed by atoms with Crippen molar-refractivity contribution >= 4 is 11.8 Å². The molecule has 1 aromatic rings. The number of hydrogen-bond acceptors (Lipinski definition) is 4. The second kappa shape index (κ2) is 4.57. The number of aliphatic imine (C=N–C) groups is 1. The molecule has 1 aliphatic heterocycles. The van der Waals surface area contributed by atoms with Gasteiger partial charge in [0.2, 0.25) is 0 Å². The quantitative estimate of drug-likeness (QED) is 0.750. The lowest BCUT2D eigenvalue weighted by molar-refractivity contribution is -0.143. The van der Waals surface area contributed by atoms with Crippen molar-refractivity contribution in [2.45, 2.75) is 31.3 Å². The molecule has 3 atom stereocenters. The molecule has 1 fully saturated rings. The third-order valence-corrected chi connectivity index (χ3v) is 3.90. The van der Waals surface area contributed by atoms with E-state index in [2.05, 4.69) is 10.3 Å². The van der Waals surface area contributed by atoms with E-state index in [1.807, 2.05) is 6.07 Å². The van der Waals surface area contributed by atoms with Crippen LogP contribution in [0, 0.1) is 5.92 Å². The molecule has 19 heavy (non-hydrogen) atoms. The predicted octanol–water partition coefficient (Wildman–Crippen LogP) is 1.36. The number of phenols is 1. The van der Waals surface area contributed by atoms with Crippen LogP contribution in [0.15, 0.2) is 29.3 Å². The van der Waals surface area contributed by atoms with Crippen molar-refractivity contribution in [2.75, 3.05) is 0 Å². The van der Waals surface area contributed by atoms with Gasteiger partial charge in [-0.25, -0.2) is 0 Å². The van der Waals surface area contributed by atoms with Crippen molar-refractivity contribution in [2.24, 2.45) is 10.9 Å². The van der Waals surface area contributed by atoms with Crippen LogP contribution in [-0.4, -0.2) is 34.1 Å². The van der Waals surface area contributed by atoms with Gasteiger partial charge in [0.05, 0.1) is 18.0 Å². The molecule has 1 saturated carbocycles. The van der Waals surface area contributed by atoms with E-state index in [1.165, 1.54) is 0 Å². The van der Waals surface area contributed by atoms with E-state index in [-0.39, 0.29) is 23.8 Å². The summed E-state index contributed by atoms with van der Waals surface area (Å²) in [5.41, 5.74) is 0.848. The minimum Gasteiger partial charge on any atom is -0.508 e. The van der Waals surface area contributed by atoms with Crippen molar-refractivity contribution in [1.82, 2.24) is 5.32 Å². The first kappa shape index (κ1) is 12.0. The summed E-state index contributed by atoms with van der Waals surface area (Å²) in [5, 5.41) is 21.9. The number of hydrogen-bond donors (Lipinski definition) is 3. The molecular weight excluding hydrogens is 244 g/mol. The standard InChI is InChI=1S/C14H16N2O3/c17-10-3-1-2-8(6-10)13-15-11-5-4-9(14(18)19)7-12(11)16-13/h1-3,6,9,11-12,17H,4-5,7H2,(H,15,16)(H,18,19). The van der Waals surface area contributed by atoms with Crippen molar-refractivity contribution in [1.29, 1.82) is 0 Å². The number of aromatic hydroxyl groups is 1. The minimum absolute atomic E-state index is 0.104. The Kier molecular flexibility index (Phi) is 2.89. The Hall–Kier alpha value is -2.04. The normalized spacial score (nSPS) is 29.3. The molecule has 0 amide bonds. The number of rotatable bonds is 2. The highest BCUT2D eigenvalue weighted by atomic mass is 16.4. The average molecular weight is 260 g/mol. The minimum atomic E-state index is -0.717. The summed E-state index contributed by atoms with van der Waals surface area (Å²) in [4.78, 5) is 15.7. The third-order valence-electron chi connectivity index (χ3n) is 3.90. The first-order valence-electron chi connectivity index (χ1n) is 6.50. The zero-order valence-corrected chi connectivity index (χ0v) is 10.4. The van der Waals surface area contributed by atoms with Crippen molar-refractivity contribution < 1.29 is 15.0 Å². The van der Waals surface area contributed by atoms with Gasteiger partial charge in [0, 0.05) is 5.56 Å². The fourth-order valence-electron chi connectivity index (χ4n) is 2.88. The first-order valence-corrected chi connectivity index (χ1v) is 6.50. The summed E-state index contributed by atoms with van der Waals surface area (Å²) >= 11 is 0. The molecule has 1 heterocycles. The molecule has 0 radical (unpaired) electrons.